The van der Waals surface area contributed by atoms with E-state index in [9.17, 15) is 8.78 Å². The number of rotatable bonds is 7. The Labute approximate surface area is 163 Å². The molecule has 0 aliphatic carbocycles. The van der Waals surface area contributed by atoms with Gasteiger partial charge in [-0.2, -0.15) is 0 Å². The number of piperidine rings is 1. The van der Waals surface area contributed by atoms with Gasteiger partial charge < -0.3 is 9.80 Å². The Bertz CT molecular complexity index is 571. The summed E-state index contributed by atoms with van der Waals surface area (Å²) in [6.07, 6.45) is 5.25. The van der Waals surface area contributed by atoms with Crippen LogP contribution in [0.4, 0.5) is 14.5 Å². The number of hydrogen-bond acceptors (Lipinski definition) is 3. The van der Waals surface area contributed by atoms with Crippen molar-refractivity contribution in [1.29, 1.82) is 0 Å². The van der Waals surface area contributed by atoms with E-state index in [0.717, 1.165) is 44.7 Å². The molecule has 0 amide bonds. The molecule has 3 nitrogen and oxygen atoms in total. The van der Waals surface area contributed by atoms with Gasteiger partial charge >= 0.3 is 0 Å². The summed E-state index contributed by atoms with van der Waals surface area (Å²) in [5.41, 5.74) is 1.04. The summed E-state index contributed by atoms with van der Waals surface area (Å²) in [5.74, 6) is -1.90. The average molecular weight is 380 g/mol. The van der Waals surface area contributed by atoms with E-state index in [-0.39, 0.29) is 5.56 Å². The lowest BCUT2D eigenvalue weighted by Gasteiger charge is -2.38. The molecule has 2 fully saturated rings. The molecule has 0 saturated carbocycles. The fourth-order valence-electron chi connectivity index (χ4n) is 4.39. The van der Waals surface area contributed by atoms with E-state index in [4.69, 9.17) is 0 Å². The number of likely N-dealkylation sites (tertiary alicyclic amines) is 1. The maximum absolute atomic E-state index is 13.6. The van der Waals surface area contributed by atoms with Crippen LogP contribution in [-0.4, -0.2) is 62.2 Å². The zero-order chi connectivity index (χ0) is 19.3. The van der Waals surface area contributed by atoms with Crippen LogP contribution in [0.15, 0.2) is 24.3 Å². The predicted molar refractivity (Wildman–Crippen MR) is 109 cm³/mol. The summed E-state index contributed by atoms with van der Waals surface area (Å²) < 4.78 is 27.2. The smallest absolute Gasteiger partial charge is 0.270 e. The van der Waals surface area contributed by atoms with Crippen LogP contribution < -0.4 is 4.90 Å². The molecular weight excluding hydrogens is 344 g/mol. The Morgan fingerprint density at radius 1 is 0.963 bits per heavy atom. The lowest BCUT2D eigenvalue weighted by atomic mass is 9.93. The minimum Gasteiger partial charge on any atom is -0.369 e. The number of alkyl halides is 2. The molecule has 1 aromatic carbocycles. The molecule has 0 bridgehead atoms. The van der Waals surface area contributed by atoms with Crippen LogP contribution in [0.1, 0.15) is 45.1 Å². The number of benzene rings is 1. The zero-order valence-corrected chi connectivity index (χ0v) is 17.0. The third-order valence-electron chi connectivity index (χ3n) is 6.19. The minimum atomic E-state index is -2.77. The van der Waals surface area contributed by atoms with Gasteiger partial charge in [0.05, 0.1) is 0 Å². The first-order valence-corrected chi connectivity index (χ1v) is 10.6. The first-order valence-electron chi connectivity index (χ1n) is 10.6. The molecular formula is C22H35F2N3. The quantitative estimate of drug-likeness (QED) is 0.694. The van der Waals surface area contributed by atoms with Crippen molar-refractivity contribution in [2.75, 3.05) is 57.3 Å². The molecule has 0 aromatic heterocycles. The fourth-order valence-corrected chi connectivity index (χ4v) is 4.39. The molecule has 27 heavy (non-hydrogen) atoms. The lowest BCUT2D eigenvalue weighted by molar-refractivity contribution is 0.0175. The second-order valence-corrected chi connectivity index (χ2v) is 8.34. The van der Waals surface area contributed by atoms with Crippen molar-refractivity contribution in [2.45, 2.75) is 45.5 Å². The zero-order valence-electron chi connectivity index (χ0n) is 17.0. The maximum Gasteiger partial charge on any atom is 0.270 e. The highest BCUT2D eigenvalue weighted by molar-refractivity contribution is 5.49. The average Bonchev–Trinajstić information content (AvgIpc) is 2.68. The van der Waals surface area contributed by atoms with Gasteiger partial charge in [0.1, 0.15) is 0 Å². The summed E-state index contributed by atoms with van der Waals surface area (Å²) >= 11 is 0. The van der Waals surface area contributed by atoms with Crippen LogP contribution in [0.5, 0.6) is 0 Å². The van der Waals surface area contributed by atoms with Crippen LogP contribution in [0, 0.1) is 5.92 Å². The molecule has 2 aliphatic heterocycles. The number of hydrogen-bond donors (Lipinski definition) is 0. The first kappa shape index (κ1) is 20.5. The Kier molecular flexibility index (Phi) is 7.10. The fraction of sp³-hybridized carbons (Fsp3) is 0.727. The molecule has 0 spiro atoms. The van der Waals surface area contributed by atoms with Gasteiger partial charge in [0.25, 0.3) is 5.92 Å². The van der Waals surface area contributed by atoms with Crippen LogP contribution in [0.25, 0.3) is 0 Å². The van der Waals surface area contributed by atoms with Crippen molar-refractivity contribution >= 4 is 5.69 Å². The molecule has 0 unspecified atom stereocenters. The minimum absolute atomic E-state index is 0.108. The summed E-state index contributed by atoms with van der Waals surface area (Å²) in [6, 6.07) is 6.87. The molecule has 3 rings (SSSR count). The summed E-state index contributed by atoms with van der Waals surface area (Å²) in [5, 5.41) is 0. The molecule has 5 heteroatoms. The van der Waals surface area contributed by atoms with E-state index < -0.39 is 5.92 Å². The van der Waals surface area contributed by atoms with Gasteiger partial charge in [-0.15, -0.1) is 0 Å². The van der Waals surface area contributed by atoms with Crippen molar-refractivity contribution in [1.82, 2.24) is 9.80 Å². The number of nitrogens with zero attached hydrogens (tertiary/aromatic N) is 3. The predicted octanol–water partition coefficient (Wildman–Crippen LogP) is 4.43. The third-order valence-corrected chi connectivity index (χ3v) is 6.19. The topological polar surface area (TPSA) is 9.72 Å². The van der Waals surface area contributed by atoms with E-state index in [2.05, 4.69) is 21.6 Å². The molecule has 2 saturated heterocycles. The van der Waals surface area contributed by atoms with Crippen LogP contribution in [0.3, 0.4) is 0 Å². The van der Waals surface area contributed by atoms with E-state index in [0.29, 0.717) is 0 Å². The standard InChI is InChI=1S/C22H35F2N3/c1-3-10-25-11-7-19(8-12-25)9-13-26-14-16-27(17-15-26)21-6-4-5-20(18-21)22(2,23)24/h4-6,18-19H,3,7-17H2,1-2H3. The van der Waals surface area contributed by atoms with Crippen molar-refractivity contribution in [3.8, 4) is 0 Å². The van der Waals surface area contributed by atoms with Crippen LogP contribution in [0.2, 0.25) is 0 Å². The van der Waals surface area contributed by atoms with Crippen LogP contribution >= 0.6 is 0 Å². The van der Waals surface area contributed by atoms with Gasteiger partial charge in [0.2, 0.25) is 0 Å². The summed E-state index contributed by atoms with van der Waals surface area (Å²) in [6.45, 7) is 12.1. The first-order chi connectivity index (χ1) is 13.0. The van der Waals surface area contributed by atoms with Crippen molar-refractivity contribution < 1.29 is 8.78 Å². The van der Waals surface area contributed by atoms with E-state index in [1.807, 2.05) is 6.07 Å². The largest absolute Gasteiger partial charge is 0.369 e. The lowest BCUT2D eigenvalue weighted by Crippen LogP contribution is -2.47. The highest BCUT2D eigenvalue weighted by Gasteiger charge is 2.26. The highest BCUT2D eigenvalue weighted by Crippen LogP contribution is 2.30. The number of piperazine rings is 1. The molecule has 2 aliphatic rings. The van der Waals surface area contributed by atoms with Gasteiger partial charge in [-0.1, -0.05) is 19.1 Å². The molecule has 0 N–H and O–H groups in total. The van der Waals surface area contributed by atoms with E-state index >= 15 is 0 Å². The number of halogens is 2. The van der Waals surface area contributed by atoms with Gasteiger partial charge in [0.15, 0.2) is 0 Å². The SMILES string of the molecule is CCCN1CCC(CCN2CCN(c3cccc(C(C)(F)F)c3)CC2)CC1. The van der Waals surface area contributed by atoms with Crippen molar-refractivity contribution in [2.24, 2.45) is 5.92 Å². The number of anilines is 1. The summed E-state index contributed by atoms with van der Waals surface area (Å²) in [7, 11) is 0. The second-order valence-electron chi connectivity index (χ2n) is 8.34. The Morgan fingerprint density at radius 3 is 2.26 bits per heavy atom. The van der Waals surface area contributed by atoms with Gasteiger partial charge in [-0.3, -0.25) is 4.90 Å². The third kappa shape index (κ3) is 5.89. The van der Waals surface area contributed by atoms with Gasteiger partial charge in [-0.25, -0.2) is 8.78 Å². The molecule has 1 aromatic rings. The van der Waals surface area contributed by atoms with E-state index in [1.54, 1.807) is 12.1 Å². The Balaban J connectivity index is 1.41. The molecule has 0 radical (unpaired) electrons. The molecule has 0 atom stereocenters. The van der Waals surface area contributed by atoms with Crippen LogP contribution in [-0.2, 0) is 5.92 Å². The second kappa shape index (κ2) is 9.33. The van der Waals surface area contributed by atoms with Crippen molar-refractivity contribution in [3.63, 3.8) is 0 Å². The van der Waals surface area contributed by atoms with Gasteiger partial charge in [0, 0.05) is 44.4 Å². The van der Waals surface area contributed by atoms with E-state index in [1.165, 1.54) is 57.9 Å². The molecule has 152 valence electrons. The Morgan fingerprint density at radius 2 is 1.63 bits per heavy atom. The summed E-state index contributed by atoms with van der Waals surface area (Å²) in [4.78, 5) is 7.39. The molecule has 2 heterocycles. The highest BCUT2D eigenvalue weighted by atomic mass is 19.3. The Hall–Kier alpha value is -1.20. The maximum atomic E-state index is 13.6. The van der Waals surface area contributed by atoms with Gasteiger partial charge in [-0.05, 0) is 69.9 Å². The monoisotopic (exact) mass is 379 g/mol. The normalized spacial score (nSPS) is 21.0. The van der Waals surface area contributed by atoms with Crippen molar-refractivity contribution in [3.05, 3.63) is 29.8 Å².